The molecule has 0 bridgehead atoms. The van der Waals surface area contributed by atoms with E-state index in [4.69, 9.17) is 5.73 Å². The molecular formula is C24H40N4O2. The van der Waals surface area contributed by atoms with E-state index in [-0.39, 0.29) is 11.8 Å². The highest BCUT2D eigenvalue weighted by molar-refractivity contribution is 5.87. The lowest BCUT2D eigenvalue weighted by Gasteiger charge is -2.44. The molecule has 168 valence electrons. The summed E-state index contributed by atoms with van der Waals surface area (Å²) in [4.78, 5) is 29.6. The molecule has 5 rings (SSSR count). The maximum atomic E-state index is 13.1. The molecule has 6 nitrogen and oxygen atoms in total. The van der Waals surface area contributed by atoms with Crippen LogP contribution in [0.2, 0.25) is 0 Å². The molecule has 0 aromatic carbocycles. The van der Waals surface area contributed by atoms with Crippen LogP contribution >= 0.6 is 0 Å². The first-order valence-corrected chi connectivity index (χ1v) is 12.7. The van der Waals surface area contributed by atoms with Gasteiger partial charge in [0.05, 0.1) is 5.54 Å². The SMILES string of the molecule is NC1(C(=O)N2CCN(C(=O)C3CCC(C4CCC5CCCC5N4)CC3)CC2)CCC1. The van der Waals surface area contributed by atoms with E-state index in [1.807, 2.05) is 9.80 Å². The summed E-state index contributed by atoms with van der Waals surface area (Å²) < 4.78 is 0. The highest BCUT2D eigenvalue weighted by Crippen LogP contribution is 2.39. The number of nitrogens with two attached hydrogens (primary N) is 1. The topological polar surface area (TPSA) is 78.7 Å². The van der Waals surface area contributed by atoms with Crippen LogP contribution in [-0.2, 0) is 9.59 Å². The van der Waals surface area contributed by atoms with Gasteiger partial charge in [0, 0.05) is 44.2 Å². The first-order chi connectivity index (χ1) is 14.5. The molecule has 0 aromatic heterocycles. The fraction of sp³-hybridized carbons (Fsp3) is 0.917. The molecule has 3 atom stereocenters. The minimum atomic E-state index is -0.615. The van der Waals surface area contributed by atoms with Crippen LogP contribution in [0.15, 0.2) is 0 Å². The van der Waals surface area contributed by atoms with Gasteiger partial charge in [-0.25, -0.2) is 0 Å². The van der Waals surface area contributed by atoms with Gasteiger partial charge >= 0.3 is 0 Å². The largest absolute Gasteiger partial charge is 0.339 e. The number of carbonyl (C=O) groups is 2. The van der Waals surface area contributed by atoms with E-state index >= 15 is 0 Å². The van der Waals surface area contributed by atoms with Gasteiger partial charge in [-0.05, 0) is 82.5 Å². The summed E-state index contributed by atoms with van der Waals surface area (Å²) in [6.07, 6.45) is 14.1. The van der Waals surface area contributed by atoms with E-state index in [1.165, 1.54) is 44.9 Å². The molecule has 0 radical (unpaired) electrons. The third-order valence-corrected chi connectivity index (χ3v) is 9.18. The molecule has 30 heavy (non-hydrogen) atoms. The van der Waals surface area contributed by atoms with Crippen LogP contribution in [0.4, 0.5) is 0 Å². The lowest BCUT2D eigenvalue weighted by Crippen LogP contribution is -2.63. The molecule has 3 aliphatic carbocycles. The monoisotopic (exact) mass is 416 g/mol. The predicted octanol–water partition coefficient (Wildman–Crippen LogP) is 2.27. The summed E-state index contributed by atoms with van der Waals surface area (Å²) in [7, 11) is 0. The summed E-state index contributed by atoms with van der Waals surface area (Å²) in [6.45, 7) is 2.64. The Hall–Kier alpha value is -1.14. The van der Waals surface area contributed by atoms with Gasteiger partial charge < -0.3 is 20.9 Å². The van der Waals surface area contributed by atoms with Crippen LogP contribution < -0.4 is 11.1 Å². The van der Waals surface area contributed by atoms with Gasteiger partial charge in [0.2, 0.25) is 11.8 Å². The first kappa shape index (κ1) is 20.7. The van der Waals surface area contributed by atoms with Gasteiger partial charge in [0.25, 0.3) is 0 Å². The number of hydrogen-bond donors (Lipinski definition) is 2. The minimum absolute atomic E-state index is 0.103. The normalized spacial score (nSPS) is 38.6. The van der Waals surface area contributed by atoms with Gasteiger partial charge in [-0.2, -0.15) is 0 Å². The molecule has 2 saturated heterocycles. The maximum absolute atomic E-state index is 13.1. The fourth-order valence-corrected chi connectivity index (χ4v) is 6.97. The molecule has 2 heterocycles. The molecular weight excluding hydrogens is 376 g/mol. The van der Waals surface area contributed by atoms with Gasteiger partial charge in [-0.3, -0.25) is 9.59 Å². The molecule has 0 aromatic rings. The zero-order valence-electron chi connectivity index (χ0n) is 18.5. The Kier molecular flexibility index (Phi) is 5.82. The molecule has 0 spiro atoms. The highest BCUT2D eigenvalue weighted by Gasteiger charge is 2.44. The third kappa shape index (κ3) is 3.90. The van der Waals surface area contributed by atoms with Crippen LogP contribution in [0, 0.1) is 17.8 Å². The van der Waals surface area contributed by atoms with Crippen LogP contribution in [0.5, 0.6) is 0 Å². The van der Waals surface area contributed by atoms with E-state index in [0.29, 0.717) is 38.1 Å². The molecule has 5 aliphatic rings. The van der Waals surface area contributed by atoms with E-state index in [1.54, 1.807) is 0 Å². The molecule has 2 aliphatic heterocycles. The van der Waals surface area contributed by atoms with Crippen molar-refractivity contribution in [2.24, 2.45) is 23.5 Å². The van der Waals surface area contributed by atoms with Crippen molar-refractivity contribution in [3.8, 4) is 0 Å². The van der Waals surface area contributed by atoms with E-state index in [0.717, 1.165) is 50.0 Å². The summed E-state index contributed by atoms with van der Waals surface area (Å²) in [6, 6.07) is 1.46. The number of amides is 2. The lowest BCUT2D eigenvalue weighted by molar-refractivity contribution is -0.147. The molecule has 3 N–H and O–H groups in total. The molecule has 3 unspecified atom stereocenters. The average Bonchev–Trinajstić information content (AvgIpc) is 3.24. The Morgan fingerprint density at radius 3 is 2.00 bits per heavy atom. The van der Waals surface area contributed by atoms with Gasteiger partial charge in [-0.1, -0.05) is 6.42 Å². The van der Waals surface area contributed by atoms with Gasteiger partial charge in [-0.15, -0.1) is 0 Å². The zero-order chi connectivity index (χ0) is 20.7. The number of hydrogen-bond acceptors (Lipinski definition) is 4. The Bertz CT molecular complexity index is 648. The highest BCUT2D eigenvalue weighted by atomic mass is 16.2. The molecule has 2 amide bonds. The van der Waals surface area contributed by atoms with Crippen molar-refractivity contribution in [3.05, 3.63) is 0 Å². The maximum Gasteiger partial charge on any atom is 0.242 e. The van der Waals surface area contributed by atoms with Crippen LogP contribution in [-0.4, -0.2) is 65.4 Å². The van der Waals surface area contributed by atoms with Crippen molar-refractivity contribution in [1.82, 2.24) is 15.1 Å². The van der Waals surface area contributed by atoms with Crippen molar-refractivity contribution in [1.29, 1.82) is 0 Å². The summed E-state index contributed by atoms with van der Waals surface area (Å²) >= 11 is 0. The Morgan fingerprint density at radius 2 is 1.33 bits per heavy atom. The predicted molar refractivity (Wildman–Crippen MR) is 117 cm³/mol. The average molecular weight is 417 g/mol. The van der Waals surface area contributed by atoms with Crippen molar-refractivity contribution >= 4 is 11.8 Å². The van der Waals surface area contributed by atoms with Crippen LogP contribution in [0.1, 0.15) is 77.0 Å². The molecule has 6 heteroatoms. The van der Waals surface area contributed by atoms with Gasteiger partial charge in [0.15, 0.2) is 0 Å². The number of nitrogens with zero attached hydrogens (tertiary/aromatic N) is 2. The van der Waals surface area contributed by atoms with Gasteiger partial charge in [0.1, 0.15) is 0 Å². The first-order valence-electron chi connectivity index (χ1n) is 12.7. The Labute approximate surface area is 181 Å². The third-order valence-electron chi connectivity index (χ3n) is 9.18. The number of rotatable bonds is 3. The second kappa shape index (κ2) is 8.42. The minimum Gasteiger partial charge on any atom is -0.339 e. The standard InChI is InChI=1S/C24H40N4O2/c25-24(11-2-12-24)23(30)28-15-13-27(14-16-28)22(29)19-7-5-18(6-8-19)21-10-9-17-3-1-4-20(17)26-21/h17-21,26H,1-16,25H2. The number of carbonyl (C=O) groups excluding carboxylic acids is 2. The summed E-state index contributed by atoms with van der Waals surface area (Å²) in [5.41, 5.74) is 5.60. The van der Waals surface area contributed by atoms with Crippen LogP contribution in [0.25, 0.3) is 0 Å². The van der Waals surface area contributed by atoms with E-state index in [2.05, 4.69) is 5.32 Å². The number of fused-ring (bicyclic) bond motifs is 1. The zero-order valence-corrected chi connectivity index (χ0v) is 18.5. The molecule has 5 fully saturated rings. The Balaban J connectivity index is 1.07. The second-order valence-electron chi connectivity index (χ2n) is 10.9. The van der Waals surface area contributed by atoms with Crippen molar-refractivity contribution in [2.75, 3.05) is 26.2 Å². The number of piperidine rings is 1. The summed E-state index contributed by atoms with van der Waals surface area (Å²) in [5.74, 6) is 2.32. The fourth-order valence-electron chi connectivity index (χ4n) is 6.97. The van der Waals surface area contributed by atoms with Crippen molar-refractivity contribution in [2.45, 2.75) is 94.7 Å². The lowest BCUT2D eigenvalue weighted by atomic mass is 9.74. The van der Waals surface area contributed by atoms with Crippen LogP contribution in [0.3, 0.4) is 0 Å². The van der Waals surface area contributed by atoms with Crippen molar-refractivity contribution in [3.63, 3.8) is 0 Å². The number of piperazine rings is 1. The smallest absolute Gasteiger partial charge is 0.242 e. The quantitative estimate of drug-likeness (QED) is 0.740. The summed E-state index contributed by atoms with van der Waals surface area (Å²) in [5, 5.41) is 3.99. The number of nitrogens with one attached hydrogen (secondary N) is 1. The Morgan fingerprint density at radius 1 is 0.733 bits per heavy atom. The van der Waals surface area contributed by atoms with Crippen molar-refractivity contribution < 1.29 is 9.59 Å². The molecule has 3 saturated carbocycles. The second-order valence-corrected chi connectivity index (χ2v) is 10.9. The van der Waals surface area contributed by atoms with E-state index in [9.17, 15) is 9.59 Å². The van der Waals surface area contributed by atoms with E-state index < -0.39 is 5.54 Å².